The molecule has 0 unspecified atom stereocenters. The Labute approximate surface area is 193 Å². The van der Waals surface area contributed by atoms with E-state index >= 15 is 0 Å². The number of aliphatic carboxylic acids is 1. The van der Waals surface area contributed by atoms with Crippen LogP contribution in [-0.4, -0.2) is 27.1 Å². The molecular formula is C26H51O2Sn. The van der Waals surface area contributed by atoms with Gasteiger partial charge in [-0.2, -0.15) is 0 Å². The molecule has 0 heterocycles. The predicted octanol–water partition coefficient (Wildman–Crippen LogP) is 7.90. The zero-order valence-corrected chi connectivity index (χ0v) is 23.0. The molecule has 0 rings (SSSR count). The molecule has 0 bridgehead atoms. The van der Waals surface area contributed by atoms with Gasteiger partial charge in [0.15, 0.2) is 0 Å². The molecule has 171 valence electrons. The molecule has 0 aromatic rings. The summed E-state index contributed by atoms with van der Waals surface area (Å²) in [5, 5.41) is 10.2. The van der Waals surface area contributed by atoms with Gasteiger partial charge in [-0.25, -0.2) is 0 Å². The van der Waals surface area contributed by atoms with Crippen LogP contribution in [0.5, 0.6) is 0 Å². The van der Waals surface area contributed by atoms with Crippen molar-refractivity contribution < 1.29 is 9.90 Å². The van der Waals surface area contributed by atoms with E-state index in [4.69, 9.17) is 0 Å². The summed E-state index contributed by atoms with van der Waals surface area (Å²) in [6.07, 6.45) is 26.7. The number of unbranched alkanes of at least 4 members (excludes halogenated alkanes) is 13. The van der Waals surface area contributed by atoms with Crippen LogP contribution in [0.15, 0.2) is 12.2 Å². The molecule has 0 aliphatic heterocycles. The molecule has 0 aromatic carbocycles. The van der Waals surface area contributed by atoms with E-state index in [0.717, 1.165) is 19.3 Å². The van der Waals surface area contributed by atoms with Crippen molar-refractivity contribution in [3.05, 3.63) is 12.2 Å². The first-order valence-corrected chi connectivity index (χ1v) is 16.8. The van der Waals surface area contributed by atoms with Crippen LogP contribution in [0.2, 0.25) is 8.87 Å². The number of carbonyl (C=O) groups is 1. The quantitative estimate of drug-likeness (QED) is 0.0888. The van der Waals surface area contributed by atoms with E-state index in [1.807, 2.05) is 0 Å². The molecule has 0 aliphatic carbocycles. The summed E-state index contributed by atoms with van der Waals surface area (Å²) in [5.74, 6) is -0.914. The molecule has 29 heavy (non-hydrogen) atoms. The summed E-state index contributed by atoms with van der Waals surface area (Å²) >= 11 is 0.149. The van der Waals surface area contributed by atoms with Crippen molar-refractivity contribution in [3.63, 3.8) is 0 Å². The fraction of sp³-hybridized carbons (Fsp3) is 0.885. The van der Waals surface area contributed by atoms with Crippen LogP contribution in [-0.2, 0) is 4.79 Å². The van der Waals surface area contributed by atoms with Gasteiger partial charge in [-0.1, -0.05) is 70.4 Å². The summed E-state index contributed by atoms with van der Waals surface area (Å²) < 4.78 is 3.25. The number of rotatable bonds is 21. The molecule has 0 spiro atoms. The van der Waals surface area contributed by atoms with Gasteiger partial charge in [0.25, 0.3) is 0 Å². The Hall–Kier alpha value is 0.00870. The van der Waals surface area contributed by atoms with Crippen LogP contribution in [0.25, 0.3) is 0 Å². The first-order chi connectivity index (χ1) is 14.2. The van der Waals surface area contributed by atoms with E-state index in [1.54, 1.807) is 8.87 Å². The Kier molecular flexibility index (Phi) is 32.5. The SMILES string of the molecule is CCCCCCCC/C=C\CCCCCCCC(=O)[O-].CCC[CH2][Sn+][CH2]CCC. The van der Waals surface area contributed by atoms with Crippen LogP contribution in [0, 0.1) is 0 Å². The summed E-state index contributed by atoms with van der Waals surface area (Å²) in [5.41, 5.74) is 0. The van der Waals surface area contributed by atoms with Crippen LogP contribution < -0.4 is 5.11 Å². The van der Waals surface area contributed by atoms with Crippen LogP contribution in [0.3, 0.4) is 0 Å². The van der Waals surface area contributed by atoms with Gasteiger partial charge in [-0.15, -0.1) is 0 Å². The Bertz CT molecular complexity index is 323. The van der Waals surface area contributed by atoms with E-state index in [9.17, 15) is 9.90 Å². The van der Waals surface area contributed by atoms with Crippen molar-refractivity contribution in [1.29, 1.82) is 0 Å². The Morgan fingerprint density at radius 2 is 1.03 bits per heavy atom. The second-order valence-electron chi connectivity index (χ2n) is 8.16. The summed E-state index contributed by atoms with van der Waals surface area (Å²) in [6, 6.07) is 0. The molecule has 0 N–H and O–H groups in total. The molecule has 0 saturated heterocycles. The van der Waals surface area contributed by atoms with Crippen LogP contribution in [0.1, 0.15) is 136 Å². The molecule has 0 atom stereocenters. The molecule has 0 aromatic heterocycles. The van der Waals surface area contributed by atoms with Gasteiger partial charge in [0.2, 0.25) is 0 Å². The van der Waals surface area contributed by atoms with E-state index < -0.39 is 5.97 Å². The van der Waals surface area contributed by atoms with Crippen LogP contribution in [0.4, 0.5) is 0 Å². The third-order valence-corrected chi connectivity index (χ3v) is 9.09. The number of carbonyl (C=O) groups excluding carboxylic acids is 1. The third-order valence-electron chi connectivity index (χ3n) is 5.06. The molecule has 0 saturated carbocycles. The average Bonchev–Trinajstić information content (AvgIpc) is 2.71. The zero-order chi connectivity index (χ0) is 21.8. The van der Waals surface area contributed by atoms with Crippen molar-refractivity contribution in [3.8, 4) is 0 Å². The van der Waals surface area contributed by atoms with Crippen molar-refractivity contribution in [1.82, 2.24) is 0 Å². The fourth-order valence-corrected chi connectivity index (χ4v) is 7.23. The zero-order valence-electron chi connectivity index (χ0n) is 20.1. The maximum absolute atomic E-state index is 10.2. The van der Waals surface area contributed by atoms with E-state index in [-0.39, 0.29) is 27.6 Å². The molecule has 3 heteroatoms. The third kappa shape index (κ3) is 35.8. The number of carboxylic acids is 1. The standard InChI is InChI=1S/C18H34O2.2C4H9.Sn/c1-2-3-4-5-6-7-8-9-10-11-12-13-14-15-16-17-18(19)20;2*1-3-4-2;/h9-10H,2-8,11-17H2,1H3,(H,19,20);2*1,3-4H2,2H3;/q;;;+1/p-1/b10-9-;;;. The Morgan fingerprint density at radius 1 is 0.621 bits per heavy atom. The second-order valence-corrected chi connectivity index (χ2v) is 12.4. The number of hydrogen-bond acceptors (Lipinski definition) is 2. The van der Waals surface area contributed by atoms with Crippen molar-refractivity contribution in [2.45, 2.75) is 145 Å². The number of carboxylic acid groups (broad SMARTS) is 1. The van der Waals surface area contributed by atoms with Gasteiger partial charge in [0.05, 0.1) is 0 Å². The monoisotopic (exact) mass is 515 g/mol. The molecule has 2 nitrogen and oxygen atoms in total. The number of allylic oxidation sites excluding steroid dienone is 2. The molecule has 0 fully saturated rings. The average molecular weight is 514 g/mol. The first-order valence-electron chi connectivity index (χ1n) is 12.7. The van der Waals surface area contributed by atoms with E-state index in [0.29, 0.717) is 0 Å². The van der Waals surface area contributed by atoms with E-state index in [2.05, 4.69) is 32.9 Å². The van der Waals surface area contributed by atoms with Crippen molar-refractivity contribution in [2.75, 3.05) is 0 Å². The normalized spacial score (nSPS) is 10.7. The van der Waals surface area contributed by atoms with Gasteiger partial charge in [0.1, 0.15) is 0 Å². The van der Waals surface area contributed by atoms with Crippen molar-refractivity contribution >= 4 is 27.1 Å². The molecule has 0 amide bonds. The van der Waals surface area contributed by atoms with Gasteiger partial charge < -0.3 is 9.90 Å². The Morgan fingerprint density at radius 3 is 1.48 bits per heavy atom. The Balaban J connectivity index is 0. The molecular weight excluding hydrogens is 463 g/mol. The van der Waals surface area contributed by atoms with Gasteiger partial charge in [-0.3, -0.25) is 0 Å². The van der Waals surface area contributed by atoms with Gasteiger partial charge >= 0.3 is 69.5 Å². The summed E-state index contributed by atoms with van der Waals surface area (Å²) in [4.78, 5) is 10.2. The van der Waals surface area contributed by atoms with Gasteiger partial charge in [0, 0.05) is 5.97 Å². The fourth-order valence-electron chi connectivity index (χ4n) is 3.07. The van der Waals surface area contributed by atoms with Crippen molar-refractivity contribution in [2.24, 2.45) is 0 Å². The predicted molar refractivity (Wildman–Crippen MR) is 130 cm³/mol. The number of hydrogen-bond donors (Lipinski definition) is 0. The topological polar surface area (TPSA) is 40.1 Å². The van der Waals surface area contributed by atoms with E-state index in [1.165, 1.54) is 89.9 Å². The molecule has 0 aliphatic rings. The minimum atomic E-state index is -0.914. The maximum atomic E-state index is 10.2. The molecule has 1 radical (unpaired) electrons. The summed E-state index contributed by atoms with van der Waals surface area (Å²) in [7, 11) is 0. The second kappa shape index (κ2) is 30.2. The minimum absolute atomic E-state index is 0.149. The first kappa shape index (κ1) is 31.2. The van der Waals surface area contributed by atoms with Crippen LogP contribution >= 0.6 is 0 Å². The van der Waals surface area contributed by atoms with Gasteiger partial charge in [-0.05, 0) is 38.5 Å². The summed E-state index contributed by atoms with van der Waals surface area (Å²) in [6.45, 7) is 6.84.